The summed E-state index contributed by atoms with van der Waals surface area (Å²) in [6, 6.07) is 16.8. The van der Waals surface area contributed by atoms with Gasteiger partial charge in [-0.1, -0.05) is 12.1 Å². The molecule has 4 atom stereocenters. The van der Waals surface area contributed by atoms with Crippen molar-refractivity contribution in [2.75, 3.05) is 12.4 Å². The van der Waals surface area contributed by atoms with Crippen molar-refractivity contribution < 1.29 is 19.7 Å². The molecule has 0 saturated carbocycles. The van der Waals surface area contributed by atoms with E-state index in [1.165, 1.54) is 6.33 Å². The topological polar surface area (TPSA) is 125 Å². The van der Waals surface area contributed by atoms with Crippen molar-refractivity contribution in [3.8, 4) is 22.9 Å². The fourth-order valence-electron chi connectivity index (χ4n) is 4.19. The largest absolute Gasteiger partial charge is 0.497 e. The van der Waals surface area contributed by atoms with E-state index < -0.39 is 24.5 Å². The Balaban J connectivity index is 1.67. The van der Waals surface area contributed by atoms with E-state index in [2.05, 4.69) is 21.4 Å². The lowest BCUT2D eigenvalue weighted by Gasteiger charge is -2.17. The molecule has 2 aromatic carbocycles. The second kappa shape index (κ2) is 8.76. The molecule has 0 radical (unpaired) electrons. The van der Waals surface area contributed by atoms with Crippen molar-refractivity contribution in [1.82, 2.24) is 14.5 Å². The Kier molecular flexibility index (Phi) is 5.63. The van der Waals surface area contributed by atoms with Gasteiger partial charge in [-0.3, -0.25) is 0 Å². The molecule has 0 bridgehead atoms. The molecule has 1 aliphatic rings. The zero-order valence-corrected chi connectivity index (χ0v) is 18.6. The Hall–Kier alpha value is -3.97. The number of hydrogen-bond donors (Lipinski definition) is 3. The molecule has 34 heavy (non-hydrogen) atoms. The zero-order chi connectivity index (χ0) is 23.8. The average molecular weight is 457 g/mol. The van der Waals surface area contributed by atoms with Gasteiger partial charge in [0.1, 0.15) is 35.7 Å². The van der Waals surface area contributed by atoms with Crippen molar-refractivity contribution in [2.24, 2.45) is 0 Å². The third-order valence-electron chi connectivity index (χ3n) is 6.04. The number of anilines is 2. The molecule has 0 aliphatic carbocycles. The van der Waals surface area contributed by atoms with Crippen molar-refractivity contribution >= 4 is 22.5 Å². The maximum absolute atomic E-state index is 10.6. The summed E-state index contributed by atoms with van der Waals surface area (Å²) in [5.74, 6) is 1.28. The lowest BCUT2D eigenvalue weighted by molar-refractivity contribution is -0.0295. The van der Waals surface area contributed by atoms with Gasteiger partial charge < -0.3 is 29.6 Å². The van der Waals surface area contributed by atoms with E-state index in [9.17, 15) is 10.2 Å². The Morgan fingerprint density at radius 1 is 1.06 bits per heavy atom. The first kappa shape index (κ1) is 21.9. The quantitative estimate of drug-likeness (QED) is 0.417. The van der Waals surface area contributed by atoms with Crippen molar-refractivity contribution in [3.63, 3.8) is 0 Å². The van der Waals surface area contributed by atoms with Crippen LogP contribution in [-0.4, -0.2) is 50.2 Å². The normalized spacial score (nSPS) is 22.0. The van der Waals surface area contributed by atoms with E-state index in [-0.39, 0.29) is 0 Å². The molecular weight excluding hydrogens is 434 g/mol. The van der Waals surface area contributed by atoms with E-state index in [0.717, 1.165) is 28.0 Å². The van der Waals surface area contributed by atoms with Crippen LogP contribution in [0.5, 0.6) is 5.75 Å². The minimum Gasteiger partial charge on any atom is -0.497 e. The van der Waals surface area contributed by atoms with Gasteiger partial charge in [0.2, 0.25) is 0 Å². The van der Waals surface area contributed by atoms with Gasteiger partial charge in [0, 0.05) is 17.4 Å². The van der Waals surface area contributed by atoms with E-state index in [1.807, 2.05) is 30.5 Å². The first-order valence-corrected chi connectivity index (χ1v) is 10.8. The zero-order valence-electron chi connectivity index (χ0n) is 18.6. The van der Waals surface area contributed by atoms with Gasteiger partial charge >= 0.3 is 0 Å². The number of aliphatic hydroxyl groups excluding tert-OH is 2. The van der Waals surface area contributed by atoms with Crippen LogP contribution in [0.25, 0.3) is 22.2 Å². The fraction of sp³-hybridized carbons (Fsp3) is 0.240. The highest BCUT2D eigenvalue weighted by Crippen LogP contribution is 2.40. The van der Waals surface area contributed by atoms with Crippen LogP contribution in [0.4, 0.5) is 11.5 Å². The average Bonchev–Trinajstić information content (AvgIpc) is 3.38. The van der Waals surface area contributed by atoms with Gasteiger partial charge in [0.05, 0.1) is 30.2 Å². The third kappa shape index (κ3) is 3.74. The summed E-state index contributed by atoms with van der Waals surface area (Å²) in [5.41, 5.74) is 3.57. The molecule has 9 heteroatoms. The molecule has 1 fully saturated rings. The number of aromatic nitrogens is 3. The molecule has 0 spiro atoms. The summed E-state index contributed by atoms with van der Waals surface area (Å²) in [4.78, 5) is 8.97. The maximum Gasteiger partial charge on any atom is 0.164 e. The Morgan fingerprint density at radius 3 is 2.41 bits per heavy atom. The summed E-state index contributed by atoms with van der Waals surface area (Å²) in [6.07, 6.45) is -0.172. The van der Waals surface area contributed by atoms with Crippen molar-refractivity contribution in [1.29, 1.82) is 5.26 Å². The number of aliphatic hydroxyl groups is 2. The minimum atomic E-state index is -1.11. The van der Waals surface area contributed by atoms with Crippen LogP contribution in [0, 0.1) is 11.3 Å². The smallest absolute Gasteiger partial charge is 0.164 e. The van der Waals surface area contributed by atoms with Gasteiger partial charge in [0.15, 0.2) is 6.23 Å². The second-order valence-electron chi connectivity index (χ2n) is 8.13. The first-order chi connectivity index (χ1) is 16.5. The maximum atomic E-state index is 10.6. The van der Waals surface area contributed by atoms with Crippen LogP contribution in [0.3, 0.4) is 0 Å². The van der Waals surface area contributed by atoms with Crippen LogP contribution >= 0.6 is 0 Å². The van der Waals surface area contributed by atoms with Gasteiger partial charge in [-0.05, 0) is 48.9 Å². The number of hydrogen-bond acceptors (Lipinski definition) is 8. The predicted molar refractivity (Wildman–Crippen MR) is 126 cm³/mol. The van der Waals surface area contributed by atoms with Gasteiger partial charge in [-0.2, -0.15) is 5.26 Å². The van der Waals surface area contributed by atoms with Crippen LogP contribution in [0.15, 0.2) is 61.1 Å². The highest BCUT2D eigenvalue weighted by atomic mass is 16.6. The number of nitrogens with zero attached hydrogens (tertiary/aromatic N) is 4. The van der Waals surface area contributed by atoms with Crippen molar-refractivity contribution in [3.05, 3.63) is 66.6 Å². The number of nitrogens with one attached hydrogen (secondary N) is 1. The predicted octanol–water partition coefficient (Wildman–Crippen LogP) is 3.36. The van der Waals surface area contributed by atoms with Gasteiger partial charge in [-0.15, -0.1) is 0 Å². The number of rotatable bonds is 5. The second-order valence-corrected chi connectivity index (χ2v) is 8.13. The minimum absolute atomic E-state index is 0.528. The number of benzene rings is 2. The number of nitriles is 1. The monoisotopic (exact) mass is 457 g/mol. The molecule has 1 saturated heterocycles. The number of fused-ring (bicyclic) bond motifs is 1. The molecule has 3 heterocycles. The van der Waals surface area contributed by atoms with Crippen LogP contribution in [0.1, 0.15) is 18.7 Å². The standard InChI is InChI=1S/C25H23N5O4/c1-14-21(31)22(32)25(34-14)30-12-19(16-5-9-18(33-2)10-6-16)20-23(27-13-28-24(20)30)29-17-7-3-15(11-26)4-8-17/h3-10,12-14,21-22,25,31-32H,1-2H3,(H,27,28,29)/t14-,21+,22+,25+/m0/s1. The van der Waals surface area contributed by atoms with E-state index in [4.69, 9.17) is 14.7 Å². The molecule has 1 aliphatic heterocycles. The van der Waals surface area contributed by atoms with Crippen LogP contribution in [0.2, 0.25) is 0 Å². The SMILES string of the molecule is COc1ccc(-c2cn([C@@H]3O[C@@H](C)[C@@H](O)[C@H]3O)c3ncnc(Nc4ccc(C#N)cc4)c23)cc1. The lowest BCUT2D eigenvalue weighted by atomic mass is 10.1. The highest BCUT2D eigenvalue weighted by molar-refractivity contribution is 6.02. The molecule has 5 rings (SSSR count). The molecule has 0 amide bonds. The van der Waals surface area contributed by atoms with Crippen LogP contribution < -0.4 is 10.1 Å². The summed E-state index contributed by atoms with van der Waals surface area (Å²) >= 11 is 0. The first-order valence-electron chi connectivity index (χ1n) is 10.8. The summed E-state index contributed by atoms with van der Waals surface area (Å²) in [7, 11) is 1.61. The molecule has 3 N–H and O–H groups in total. The third-order valence-corrected chi connectivity index (χ3v) is 6.04. The molecule has 9 nitrogen and oxygen atoms in total. The summed E-state index contributed by atoms with van der Waals surface area (Å²) in [6.45, 7) is 1.72. The van der Waals surface area contributed by atoms with Crippen molar-refractivity contribution in [2.45, 2.75) is 31.5 Å². The molecule has 4 aromatic rings. The number of ether oxygens (including phenoxy) is 2. The molecule has 172 valence electrons. The fourth-order valence-corrected chi connectivity index (χ4v) is 4.19. The number of methoxy groups -OCH3 is 1. The van der Waals surface area contributed by atoms with Gasteiger partial charge in [0.25, 0.3) is 0 Å². The van der Waals surface area contributed by atoms with E-state index in [1.54, 1.807) is 42.9 Å². The van der Waals surface area contributed by atoms with E-state index >= 15 is 0 Å². The Bertz CT molecular complexity index is 1360. The van der Waals surface area contributed by atoms with E-state index in [0.29, 0.717) is 17.0 Å². The van der Waals surface area contributed by atoms with Gasteiger partial charge in [-0.25, -0.2) is 9.97 Å². The summed E-state index contributed by atoms with van der Waals surface area (Å²) in [5, 5.41) is 34.0. The van der Waals surface area contributed by atoms with Crippen LogP contribution in [-0.2, 0) is 4.74 Å². The molecule has 0 unspecified atom stereocenters. The molecule has 2 aromatic heterocycles. The lowest BCUT2D eigenvalue weighted by Crippen LogP contribution is -2.30. The highest BCUT2D eigenvalue weighted by Gasteiger charge is 2.42. The summed E-state index contributed by atoms with van der Waals surface area (Å²) < 4.78 is 12.9. The Morgan fingerprint density at radius 2 is 1.79 bits per heavy atom. The molecular formula is C25H23N5O4. The Labute approximate surface area is 195 Å².